The van der Waals surface area contributed by atoms with E-state index in [0.717, 1.165) is 11.3 Å². The molecule has 2 rings (SSSR count). The van der Waals surface area contributed by atoms with E-state index < -0.39 is 17.9 Å². The molecule has 1 atom stereocenters. The summed E-state index contributed by atoms with van der Waals surface area (Å²) in [6.07, 6.45) is 1.35. The van der Waals surface area contributed by atoms with E-state index in [1.165, 1.54) is 5.56 Å². The lowest BCUT2D eigenvalue weighted by Crippen LogP contribution is -2.32. The molecule has 1 aromatic rings. The van der Waals surface area contributed by atoms with Crippen LogP contribution < -0.4 is 10.6 Å². The summed E-state index contributed by atoms with van der Waals surface area (Å²) in [4.78, 5) is 47.4. The van der Waals surface area contributed by atoms with Gasteiger partial charge in [-0.15, -0.1) is 0 Å². The Kier molecular flexibility index (Phi) is 7.34. The maximum Gasteiger partial charge on any atom is 0.324 e. The molecular weight excluding hydrogens is 350 g/mol. The lowest BCUT2D eigenvalue weighted by molar-refractivity contribution is -0.147. The number of carbonyl (C=O) groups is 4. The molecule has 0 bridgehead atoms. The van der Waals surface area contributed by atoms with Gasteiger partial charge in [-0.2, -0.15) is 0 Å². The van der Waals surface area contributed by atoms with Crippen LogP contribution in [0.3, 0.4) is 0 Å². The molecule has 146 valence electrons. The van der Waals surface area contributed by atoms with Crippen LogP contribution in [0, 0.1) is 0 Å². The third kappa shape index (κ3) is 6.09. The molecule has 1 aromatic carbocycles. The molecule has 8 heteroatoms. The number of esters is 1. The number of rotatable bonds is 9. The fraction of sp³-hybridized carbons (Fsp3) is 0.474. The Morgan fingerprint density at radius 3 is 2.56 bits per heavy atom. The first kappa shape index (κ1) is 20.4. The molecule has 1 aliphatic heterocycles. The van der Waals surface area contributed by atoms with E-state index in [-0.39, 0.29) is 38.4 Å². The summed E-state index contributed by atoms with van der Waals surface area (Å²) in [6, 6.07) is 7.11. The average Bonchev–Trinajstić information content (AvgIpc) is 2.98. The molecule has 1 fully saturated rings. The molecule has 27 heavy (non-hydrogen) atoms. The molecule has 0 saturated carbocycles. The molecule has 2 N–H and O–H groups in total. The zero-order valence-corrected chi connectivity index (χ0v) is 15.6. The summed E-state index contributed by atoms with van der Waals surface area (Å²) < 4.78 is 4.92. The number of hydrogen-bond acceptors (Lipinski definition) is 5. The number of amides is 4. The van der Waals surface area contributed by atoms with Crippen LogP contribution >= 0.6 is 0 Å². The topological polar surface area (TPSA) is 105 Å². The fourth-order valence-electron chi connectivity index (χ4n) is 2.61. The summed E-state index contributed by atoms with van der Waals surface area (Å²) in [5.41, 5.74) is 1.84. The maximum atomic E-state index is 11.9. The highest BCUT2D eigenvalue weighted by Gasteiger charge is 2.27. The van der Waals surface area contributed by atoms with Crippen LogP contribution in [0.2, 0.25) is 0 Å². The number of carbonyl (C=O) groups excluding carboxylic acids is 4. The van der Waals surface area contributed by atoms with Crippen molar-refractivity contribution in [3.63, 3.8) is 0 Å². The molecule has 8 nitrogen and oxygen atoms in total. The van der Waals surface area contributed by atoms with E-state index in [4.69, 9.17) is 4.74 Å². The number of nitrogens with zero attached hydrogens (tertiary/aromatic N) is 1. The number of hydrogen-bond donors (Lipinski definition) is 2. The largest absolute Gasteiger partial charge is 0.456 e. The Bertz CT molecular complexity index is 686. The molecule has 0 radical (unpaired) electrons. The SMILES string of the molecule is CC[C@@H](C)c1ccc(NC(=O)COC(=O)CCCN2C(=O)CNC2=O)cc1. The monoisotopic (exact) mass is 375 g/mol. The van der Waals surface area contributed by atoms with Gasteiger partial charge in [-0.3, -0.25) is 19.3 Å². The Hall–Kier alpha value is -2.90. The number of anilines is 1. The van der Waals surface area contributed by atoms with Crippen LogP contribution in [-0.4, -0.2) is 48.4 Å². The minimum absolute atomic E-state index is 0.0121. The Balaban J connectivity index is 1.66. The molecule has 0 spiro atoms. The van der Waals surface area contributed by atoms with E-state index in [9.17, 15) is 19.2 Å². The second-order valence-corrected chi connectivity index (χ2v) is 6.45. The van der Waals surface area contributed by atoms with Gasteiger partial charge in [0.15, 0.2) is 6.61 Å². The van der Waals surface area contributed by atoms with Crippen molar-refractivity contribution in [1.82, 2.24) is 10.2 Å². The molecule has 0 aliphatic carbocycles. The van der Waals surface area contributed by atoms with Crippen molar-refractivity contribution in [2.45, 2.75) is 39.0 Å². The zero-order valence-electron chi connectivity index (χ0n) is 15.6. The first-order valence-electron chi connectivity index (χ1n) is 9.04. The predicted molar refractivity (Wildman–Crippen MR) is 99.1 cm³/mol. The number of benzene rings is 1. The standard InChI is InChI=1S/C19H25N3O5/c1-3-13(2)14-6-8-15(9-7-14)21-16(23)12-27-18(25)5-4-10-22-17(24)11-20-19(22)26/h6-9,13H,3-5,10-12H2,1-2H3,(H,20,26)(H,21,23)/t13-/m1/s1. The van der Waals surface area contributed by atoms with Crippen LogP contribution in [0.5, 0.6) is 0 Å². The summed E-state index contributed by atoms with van der Waals surface area (Å²) in [6.45, 7) is 4.01. The molecule has 1 heterocycles. The maximum absolute atomic E-state index is 11.9. The second kappa shape index (κ2) is 9.70. The zero-order chi connectivity index (χ0) is 19.8. The predicted octanol–water partition coefficient (Wildman–Crippen LogP) is 2.01. The number of ether oxygens (including phenoxy) is 1. The first-order valence-corrected chi connectivity index (χ1v) is 9.04. The van der Waals surface area contributed by atoms with E-state index >= 15 is 0 Å². The van der Waals surface area contributed by atoms with Gasteiger partial charge in [0.05, 0.1) is 6.54 Å². The smallest absolute Gasteiger partial charge is 0.324 e. The molecular formula is C19H25N3O5. The summed E-state index contributed by atoms with van der Waals surface area (Å²) in [5.74, 6) is -0.831. The minimum Gasteiger partial charge on any atom is -0.456 e. The van der Waals surface area contributed by atoms with Crippen LogP contribution in [0.4, 0.5) is 10.5 Å². The quantitative estimate of drug-likeness (QED) is 0.507. The number of urea groups is 1. The second-order valence-electron chi connectivity index (χ2n) is 6.45. The van der Waals surface area contributed by atoms with Gasteiger partial charge < -0.3 is 15.4 Å². The average molecular weight is 375 g/mol. The van der Waals surface area contributed by atoms with E-state index in [1.807, 2.05) is 24.3 Å². The highest BCUT2D eigenvalue weighted by molar-refractivity contribution is 6.01. The normalized spacial score (nSPS) is 14.7. The van der Waals surface area contributed by atoms with Gasteiger partial charge in [-0.05, 0) is 36.5 Å². The van der Waals surface area contributed by atoms with Gasteiger partial charge in [0.25, 0.3) is 5.91 Å². The van der Waals surface area contributed by atoms with Crippen molar-refractivity contribution in [3.8, 4) is 0 Å². The fourth-order valence-corrected chi connectivity index (χ4v) is 2.61. The molecule has 4 amide bonds. The van der Waals surface area contributed by atoms with E-state index in [1.54, 1.807) is 0 Å². The van der Waals surface area contributed by atoms with Crippen LogP contribution in [0.1, 0.15) is 44.6 Å². The Morgan fingerprint density at radius 1 is 1.26 bits per heavy atom. The van der Waals surface area contributed by atoms with E-state index in [0.29, 0.717) is 11.6 Å². The molecule has 1 saturated heterocycles. The van der Waals surface area contributed by atoms with Gasteiger partial charge in [0.2, 0.25) is 5.91 Å². The van der Waals surface area contributed by atoms with Gasteiger partial charge in [0, 0.05) is 18.7 Å². The Labute approximate surface area is 158 Å². The highest BCUT2D eigenvalue weighted by atomic mass is 16.5. The highest BCUT2D eigenvalue weighted by Crippen LogP contribution is 2.20. The van der Waals surface area contributed by atoms with Crippen LogP contribution in [0.25, 0.3) is 0 Å². The molecule has 1 aliphatic rings. The van der Waals surface area contributed by atoms with Crippen molar-refractivity contribution in [1.29, 1.82) is 0 Å². The van der Waals surface area contributed by atoms with Crippen molar-refractivity contribution in [2.24, 2.45) is 0 Å². The van der Waals surface area contributed by atoms with Crippen molar-refractivity contribution >= 4 is 29.5 Å². The van der Waals surface area contributed by atoms with Crippen LogP contribution in [-0.2, 0) is 19.1 Å². The van der Waals surface area contributed by atoms with E-state index in [2.05, 4.69) is 24.5 Å². The minimum atomic E-state index is -0.552. The van der Waals surface area contributed by atoms with Crippen molar-refractivity contribution < 1.29 is 23.9 Å². The number of nitrogens with one attached hydrogen (secondary N) is 2. The van der Waals surface area contributed by atoms with Gasteiger partial charge in [-0.25, -0.2) is 4.79 Å². The summed E-state index contributed by atoms with van der Waals surface area (Å²) >= 11 is 0. The number of imide groups is 1. The molecule has 0 aromatic heterocycles. The summed E-state index contributed by atoms with van der Waals surface area (Å²) in [7, 11) is 0. The Morgan fingerprint density at radius 2 is 1.96 bits per heavy atom. The lowest BCUT2D eigenvalue weighted by Gasteiger charge is -2.12. The van der Waals surface area contributed by atoms with Gasteiger partial charge in [-0.1, -0.05) is 26.0 Å². The summed E-state index contributed by atoms with van der Waals surface area (Å²) in [5, 5.41) is 5.07. The molecule has 0 unspecified atom stereocenters. The van der Waals surface area contributed by atoms with Gasteiger partial charge in [0.1, 0.15) is 0 Å². The lowest BCUT2D eigenvalue weighted by atomic mass is 9.99. The van der Waals surface area contributed by atoms with Gasteiger partial charge >= 0.3 is 12.0 Å². The first-order chi connectivity index (χ1) is 12.9. The van der Waals surface area contributed by atoms with Crippen molar-refractivity contribution in [2.75, 3.05) is 25.0 Å². The third-order valence-corrected chi connectivity index (χ3v) is 4.44. The van der Waals surface area contributed by atoms with Crippen molar-refractivity contribution in [3.05, 3.63) is 29.8 Å². The third-order valence-electron chi connectivity index (χ3n) is 4.44. The van der Waals surface area contributed by atoms with Crippen LogP contribution in [0.15, 0.2) is 24.3 Å².